The predicted octanol–water partition coefficient (Wildman–Crippen LogP) is 1.51. The Morgan fingerprint density at radius 2 is 2.04 bits per heavy atom. The van der Waals surface area contributed by atoms with Gasteiger partial charge in [-0.1, -0.05) is 0 Å². The second-order valence-corrected chi connectivity index (χ2v) is 8.52. The number of sulfone groups is 1. The van der Waals surface area contributed by atoms with Crippen molar-refractivity contribution in [1.29, 1.82) is 0 Å². The summed E-state index contributed by atoms with van der Waals surface area (Å²) in [6.45, 7) is 0.707. The predicted molar refractivity (Wildman–Crippen MR) is 81.6 cm³/mol. The lowest BCUT2D eigenvalue weighted by Gasteiger charge is -2.20. The van der Waals surface area contributed by atoms with E-state index < -0.39 is 27.5 Å². The molecule has 0 N–H and O–H groups in total. The fraction of sp³-hybridized carbons (Fsp3) is 0.600. The second-order valence-electron chi connectivity index (χ2n) is 6.30. The number of alkyl halides is 3. The first-order chi connectivity index (χ1) is 11.6. The molecule has 2 aliphatic heterocycles. The van der Waals surface area contributed by atoms with Crippen molar-refractivity contribution in [3.63, 3.8) is 0 Å². The first-order valence-electron chi connectivity index (χ1n) is 7.83. The lowest BCUT2D eigenvalue weighted by Crippen LogP contribution is -2.36. The number of aromatic nitrogens is 1. The number of halogens is 3. The molecule has 1 aromatic heterocycles. The molecule has 0 unspecified atom stereocenters. The highest BCUT2D eigenvalue weighted by Crippen LogP contribution is 2.30. The van der Waals surface area contributed by atoms with Gasteiger partial charge in [0, 0.05) is 25.2 Å². The lowest BCUT2D eigenvalue weighted by molar-refractivity contribution is -0.138. The lowest BCUT2D eigenvalue weighted by atomic mass is 10.1. The topological polar surface area (TPSA) is 76.6 Å². The van der Waals surface area contributed by atoms with E-state index in [9.17, 15) is 26.4 Å². The molecule has 3 rings (SSSR count). The zero-order valence-electron chi connectivity index (χ0n) is 13.2. The van der Waals surface area contributed by atoms with Crippen LogP contribution in [-0.4, -0.2) is 54.9 Å². The smallest absolute Gasteiger partial charge is 0.417 e. The van der Waals surface area contributed by atoms with Crippen molar-refractivity contribution < 1.29 is 31.1 Å². The van der Waals surface area contributed by atoms with Crippen LogP contribution in [0.4, 0.5) is 13.2 Å². The fourth-order valence-corrected chi connectivity index (χ4v) is 4.79. The number of nitrogens with zero attached hydrogens (tertiary/aromatic N) is 2. The molecule has 2 fully saturated rings. The molecule has 1 amide bonds. The molecule has 6 nitrogen and oxygen atoms in total. The molecule has 2 atom stereocenters. The molecule has 2 saturated heterocycles. The summed E-state index contributed by atoms with van der Waals surface area (Å²) in [5, 5.41) is 0. The van der Waals surface area contributed by atoms with Gasteiger partial charge in [-0.05, 0) is 12.5 Å². The summed E-state index contributed by atoms with van der Waals surface area (Å²) in [4.78, 5) is 17.6. The van der Waals surface area contributed by atoms with Crippen LogP contribution in [0, 0.1) is 5.92 Å². The van der Waals surface area contributed by atoms with E-state index in [-0.39, 0.29) is 35.9 Å². The van der Waals surface area contributed by atoms with Crippen LogP contribution in [0.3, 0.4) is 0 Å². The number of ether oxygens (including phenoxy) is 1. The summed E-state index contributed by atoms with van der Waals surface area (Å²) in [5.41, 5.74) is -0.856. The summed E-state index contributed by atoms with van der Waals surface area (Å²) in [6.07, 6.45) is -3.26. The van der Waals surface area contributed by atoms with Gasteiger partial charge in [-0.3, -0.25) is 4.79 Å². The van der Waals surface area contributed by atoms with Crippen LogP contribution in [0.5, 0.6) is 5.88 Å². The van der Waals surface area contributed by atoms with Crippen molar-refractivity contribution in [2.45, 2.75) is 25.1 Å². The highest BCUT2D eigenvalue weighted by molar-refractivity contribution is 7.91. The number of hydrogen-bond donors (Lipinski definition) is 0. The van der Waals surface area contributed by atoms with Crippen LogP contribution in [0.15, 0.2) is 18.3 Å². The molecule has 10 heteroatoms. The monoisotopic (exact) mass is 378 g/mol. The van der Waals surface area contributed by atoms with Crippen LogP contribution in [0.2, 0.25) is 0 Å². The summed E-state index contributed by atoms with van der Waals surface area (Å²) < 4.78 is 66.0. The Morgan fingerprint density at radius 3 is 2.60 bits per heavy atom. The van der Waals surface area contributed by atoms with Gasteiger partial charge in [-0.15, -0.1) is 0 Å². The maximum atomic E-state index is 12.5. The van der Waals surface area contributed by atoms with Gasteiger partial charge in [0.05, 0.1) is 29.5 Å². The molecule has 0 aromatic carbocycles. The van der Waals surface area contributed by atoms with E-state index in [0.29, 0.717) is 25.6 Å². The number of rotatable bonds is 3. The largest absolute Gasteiger partial charge is 0.472 e. The Balaban J connectivity index is 1.55. The van der Waals surface area contributed by atoms with Crippen molar-refractivity contribution in [3.05, 3.63) is 23.9 Å². The molecule has 2 aliphatic rings. The van der Waals surface area contributed by atoms with Crippen LogP contribution < -0.4 is 4.74 Å². The van der Waals surface area contributed by atoms with Crippen LogP contribution in [0.25, 0.3) is 0 Å². The molecule has 0 saturated carbocycles. The van der Waals surface area contributed by atoms with E-state index in [0.717, 1.165) is 12.1 Å². The quantitative estimate of drug-likeness (QED) is 0.797. The van der Waals surface area contributed by atoms with Gasteiger partial charge in [-0.25, -0.2) is 13.4 Å². The van der Waals surface area contributed by atoms with Crippen molar-refractivity contribution >= 4 is 15.7 Å². The van der Waals surface area contributed by atoms with Crippen molar-refractivity contribution in [2.24, 2.45) is 5.92 Å². The first kappa shape index (κ1) is 18.0. The molecule has 1 aromatic rings. The van der Waals surface area contributed by atoms with E-state index in [1.807, 2.05) is 0 Å². The Morgan fingerprint density at radius 1 is 1.28 bits per heavy atom. The second kappa shape index (κ2) is 6.47. The van der Waals surface area contributed by atoms with Gasteiger partial charge in [-0.2, -0.15) is 13.2 Å². The average molecular weight is 378 g/mol. The summed E-state index contributed by atoms with van der Waals surface area (Å²) in [7, 11) is -3.13. The molecule has 138 valence electrons. The van der Waals surface area contributed by atoms with E-state index in [2.05, 4.69) is 4.98 Å². The Kier molecular flexibility index (Phi) is 4.65. The minimum Gasteiger partial charge on any atom is -0.472 e. The normalized spacial score (nSPS) is 26.0. The first-order valence-corrected chi connectivity index (χ1v) is 9.65. The van der Waals surface area contributed by atoms with E-state index >= 15 is 0 Å². The van der Waals surface area contributed by atoms with Gasteiger partial charge in [0.25, 0.3) is 0 Å². The molecule has 0 aliphatic carbocycles. The fourth-order valence-electron chi connectivity index (χ4n) is 3.06. The maximum absolute atomic E-state index is 12.5. The summed E-state index contributed by atoms with van der Waals surface area (Å²) >= 11 is 0. The number of amides is 1. The molecule has 0 spiro atoms. The highest BCUT2D eigenvalue weighted by atomic mass is 32.2. The van der Waals surface area contributed by atoms with Crippen LogP contribution in [-0.2, 0) is 20.8 Å². The molecule has 0 radical (unpaired) electrons. The molecular weight excluding hydrogens is 361 g/mol. The van der Waals surface area contributed by atoms with Gasteiger partial charge in [0.2, 0.25) is 11.8 Å². The minimum atomic E-state index is -4.45. The molecular formula is C15H17F3N2O4S. The third kappa shape index (κ3) is 4.23. The standard InChI is InChI=1S/C15H17F3N2O4S/c16-15(17,18)11-1-2-13(19-7-11)24-12-3-5-20(8-12)14(21)10-4-6-25(22,23)9-10/h1-2,7,10,12H,3-6,8-9H2/t10-,12+/m0/s1. The van der Waals surface area contributed by atoms with E-state index in [1.165, 1.54) is 0 Å². The number of hydrogen-bond acceptors (Lipinski definition) is 5. The van der Waals surface area contributed by atoms with Gasteiger partial charge in [0.1, 0.15) is 6.10 Å². The Labute approximate surface area is 142 Å². The Bertz CT molecular complexity index is 749. The minimum absolute atomic E-state index is 0.0344. The number of carbonyl (C=O) groups is 1. The number of pyridine rings is 1. The number of carbonyl (C=O) groups excluding carboxylic acids is 1. The average Bonchev–Trinajstić information content (AvgIpc) is 3.13. The van der Waals surface area contributed by atoms with E-state index in [1.54, 1.807) is 4.90 Å². The van der Waals surface area contributed by atoms with Crippen molar-refractivity contribution in [3.8, 4) is 5.88 Å². The Hall–Kier alpha value is -1.84. The maximum Gasteiger partial charge on any atom is 0.417 e. The van der Waals surface area contributed by atoms with Crippen molar-refractivity contribution in [1.82, 2.24) is 9.88 Å². The van der Waals surface area contributed by atoms with Gasteiger partial charge < -0.3 is 9.64 Å². The molecule has 0 bridgehead atoms. The number of likely N-dealkylation sites (tertiary alicyclic amines) is 1. The SMILES string of the molecule is O=C([C@H]1CCS(=O)(=O)C1)N1CC[C@@H](Oc2ccc(C(F)(F)F)cn2)C1. The summed E-state index contributed by atoms with van der Waals surface area (Å²) in [6, 6.07) is 2.04. The third-order valence-corrected chi connectivity index (χ3v) is 6.16. The van der Waals surface area contributed by atoms with Crippen molar-refractivity contribution in [2.75, 3.05) is 24.6 Å². The van der Waals surface area contributed by atoms with E-state index in [4.69, 9.17) is 4.74 Å². The molecule has 25 heavy (non-hydrogen) atoms. The zero-order chi connectivity index (χ0) is 18.2. The zero-order valence-corrected chi connectivity index (χ0v) is 14.0. The van der Waals surface area contributed by atoms with Crippen LogP contribution in [0.1, 0.15) is 18.4 Å². The third-order valence-electron chi connectivity index (χ3n) is 4.39. The molecule has 3 heterocycles. The van der Waals surface area contributed by atoms with Crippen LogP contribution >= 0.6 is 0 Å². The van der Waals surface area contributed by atoms with Gasteiger partial charge >= 0.3 is 6.18 Å². The summed E-state index contributed by atoms with van der Waals surface area (Å²) in [5.74, 6) is -0.725. The highest BCUT2D eigenvalue weighted by Gasteiger charge is 2.38. The van der Waals surface area contributed by atoms with Gasteiger partial charge in [0.15, 0.2) is 9.84 Å².